The van der Waals surface area contributed by atoms with E-state index in [1.165, 1.54) is 65.7 Å². The Morgan fingerprint density at radius 1 is 0.474 bits per heavy atom. The van der Waals surface area contributed by atoms with Crippen molar-refractivity contribution in [3.05, 3.63) is 162 Å². The fraction of sp³-hybridized carbons (Fsp3) is 0.0526. The van der Waals surface area contributed by atoms with E-state index in [0.29, 0.717) is 0 Å². The fourth-order valence-electron chi connectivity index (χ4n) is 5.85. The molecule has 0 unspecified atom stereocenters. The summed E-state index contributed by atoms with van der Waals surface area (Å²) in [5.74, 6) is 0. The third kappa shape index (κ3) is 4.15. The molecule has 6 aromatic carbocycles. The van der Waals surface area contributed by atoms with E-state index < -0.39 is 0 Å². The molecule has 180 valence electrons. The molecule has 0 aliphatic heterocycles. The highest BCUT2D eigenvalue weighted by molar-refractivity contribution is 6.25. The minimum absolute atomic E-state index is 0.937. The van der Waals surface area contributed by atoms with Crippen molar-refractivity contribution in [2.45, 2.75) is 12.8 Å². The van der Waals surface area contributed by atoms with E-state index in [4.69, 9.17) is 0 Å². The Morgan fingerprint density at radius 2 is 1.08 bits per heavy atom. The minimum Gasteiger partial charge on any atom is -0.0801 e. The lowest BCUT2D eigenvalue weighted by Gasteiger charge is -2.13. The van der Waals surface area contributed by atoms with Crippen molar-refractivity contribution < 1.29 is 0 Å². The van der Waals surface area contributed by atoms with Gasteiger partial charge < -0.3 is 0 Å². The second-order valence-corrected chi connectivity index (χ2v) is 10.1. The van der Waals surface area contributed by atoms with Gasteiger partial charge in [-0.05, 0) is 90.7 Å². The molecule has 0 saturated carbocycles. The first-order valence-electron chi connectivity index (χ1n) is 13.4. The van der Waals surface area contributed by atoms with Gasteiger partial charge >= 0.3 is 0 Å². The summed E-state index contributed by atoms with van der Waals surface area (Å²) < 4.78 is 0. The van der Waals surface area contributed by atoms with Crippen LogP contribution in [0.4, 0.5) is 0 Å². The molecule has 38 heavy (non-hydrogen) atoms. The van der Waals surface area contributed by atoms with Gasteiger partial charge in [0.2, 0.25) is 0 Å². The third-order valence-electron chi connectivity index (χ3n) is 7.71. The highest BCUT2D eigenvalue weighted by atomic mass is 14.1. The predicted molar refractivity (Wildman–Crippen MR) is 164 cm³/mol. The maximum atomic E-state index is 2.38. The van der Waals surface area contributed by atoms with Crippen LogP contribution < -0.4 is 0 Å². The Kier molecular flexibility index (Phi) is 5.72. The van der Waals surface area contributed by atoms with Crippen molar-refractivity contribution in [1.29, 1.82) is 0 Å². The topological polar surface area (TPSA) is 0 Å². The van der Waals surface area contributed by atoms with Gasteiger partial charge in [0.15, 0.2) is 0 Å². The number of fused-ring (bicyclic) bond motifs is 6. The molecule has 0 bridgehead atoms. The largest absolute Gasteiger partial charge is 0.0801 e. The highest BCUT2D eigenvalue weighted by Crippen LogP contribution is 2.37. The van der Waals surface area contributed by atoms with Gasteiger partial charge in [-0.2, -0.15) is 0 Å². The lowest BCUT2D eigenvalue weighted by atomic mass is 9.91. The van der Waals surface area contributed by atoms with E-state index in [-0.39, 0.29) is 0 Å². The van der Waals surface area contributed by atoms with Crippen LogP contribution in [0, 0.1) is 0 Å². The molecule has 0 nitrogen and oxygen atoms in total. The molecular weight excluding hydrogens is 456 g/mol. The third-order valence-corrected chi connectivity index (χ3v) is 7.71. The molecule has 0 radical (unpaired) electrons. The van der Waals surface area contributed by atoms with Crippen LogP contribution >= 0.6 is 0 Å². The minimum atomic E-state index is 0.937. The summed E-state index contributed by atoms with van der Waals surface area (Å²) in [4.78, 5) is 0. The second-order valence-electron chi connectivity index (χ2n) is 10.1. The summed E-state index contributed by atoms with van der Waals surface area (Å²) >= 11 is 0. The molecule has 6 aromatic rings. The van der Waals surface area contributed by atoms with E-state index in [2.05, 4.69) is 146 Å². The van der Waals surface area contributed by atoms with Crippen LogP contribution in [0.2, 0.25) is 0 Å². The predicted octanol–water partition coefficient (Wildman–Crippen LogP) is 10.3. The molecule has 1 aliphatic carbocycles. The first-order valence-corrected chi connectivity index (χ1v) is 13.4. The maximum absolute atomic E-state index is 2.38. The summed E-state index contributed by atoms with van der Waals surface area (Å²) in [5.41, 5.74) is 7.84. The van der Waals surface area contributed by atoms with Gasteiger partial charge in [-0.1, -0.05) is 133 Å². The molecule has 0 atom stereocenters. The smallest absolute Gasteiger partial charge is 0.00257 e. The Balaban J connectivity index is 1.31. The van der Waals surface area contributed by atoms with Crippen molar-refractivity contribution in [3.63, 3.8) is 0 Å². The van der Waals surface area contributed by atoms with Crippen molar-refractivity contribution >= 4 is 37.9 Å². The number of rotatable bonds is 4. The Bertz CT molecular complexity index is 1860. The van der Waals surface area contributed by atoms with Crippen LogP contribution in [-0.2, 0) is 6.42 Å². The second kappa shape index (κ2) is 9.65. The summed E-state index contributed by atoms with van der Waals surface area (Å²) in [6.45, 7) is 0. The summed E-state index contributed by atoms with van der Waals surface area (Å²) in [6.07, 6.45) is 11.0. The zero-order valence-corrected chi connectivity index (χ0v) is 21.3. The van der Waals surface area contributed by atoms with Crippen molar-refractivity contribution in [2.24, 2.45) is 0 Å². The summed E-state index contributed by atoms with van der Waals surface area (Å²) in [5, 5.41) is 7.88. The van der Waals surface area contributed by atoms with Crippen LogP contribution in [-0.4, -0.2) is 0 Å². The van der Waals surface area contributed by atoms with Gasteiger partial charge in [0, 0.05) is 0 Å². The average molecular weight is 485 g/mol. The van der Waals surface area contributed by atoms with Crippen molar-refractivity contribution in [2.75, 3.05) is 0 Å². The van der Waals surface area contributed by atoms with Crippen LogP contribution in [0.3, 0.4) is 0 Å². The molecule has 0 fully saturated rings. The summed E-state index contributed by atoms with van der Waals surface area (Å²) in [7, 11) is 0. The van der Waals surface area contributed by atoms with Gasteiger partial charge in [-0.15, -0.1) is 0 Å². The van der Waals surface area contributed by atoms with E-state index in [0.717, 1.165) is 12.8 Å². The molecule has 1 aliphatic rings. The molecular formula is C38H28. The van der Waals surface area contributed by atoms with Gasteiger partial charge in [0.1, 0.15) is 0 Å². The van der Waals surface area contributed by atoms with E-state index in [1.807, 2.05) is 0 Å². The van der Waals surface area contributed by atoms with Crippen LogP contribution in [0.5, 0.6) is 0 Å². The fourth-order valence-corrected chi connectivity index (χ4v) is 5.85. The van der Waals surface area contributed by atoms with Crippen LogP contribution in [0.15, 0.2) is 151 Å². The first-order chi connectivity index (χ1) is 18.8. The Hall–Kier alpha value is -4.68. The molecule has 0 N–H and O–H groups in total. The molecule has 0 spiro atoms. The summed E-state index contributed by atoms with van der Waals surface area (Å²) in [6, 6.07) is 44.3. The van der Waals surface area contributed by atoms with Crippen LogP contribution in [0.25, 0.3) is 49.0 Å². The zero-order valence-electron chi connectivity index (χ0n) is 21.3. The number of hydrogen-bond donors (Lipinski definition) is 0. The molecule has 7 rings (SSSR count). The van der Waals surface area contributed by atoms with Gasteiger partial charge in [0.25, 0.3) is 0 Å². The highest BCUT2D eigenvalue weighted by Gasteiger charge is 2.11. The van der Waals surface area contributed by atoms with Gasteiger partial charge in [-0.3, -0.25) is 0 Å². The average Bonchev–Trinajstić information content (AvgIpc) is 3.23. The number of hydrogen-bond acceptors (Lipinski definition) is 0. The van der Waals surface area contributed by atoms with Crippen LogP contribution in [0.1, 0.15) is 17.5 Å². The molecule has 0 heterocycles. The standard InChI is InChI=1S/C38H28/c1-2-11-27(12-3-1)23-28-13-4-5-14-29(24-28)30-15-10-16-31(25-30)32-21-22-37-35-19-7-6-17-33(35)34-18-8-9-20-36(34)38(37)26-32/h1-13,15-22,24-26H,14,23H2. The molecule has 0 amide bonds. The van der Waals surface area contributed by atoms with E-state index >= 15 is 0 Å². The van der Waals surface area contributed by atoms with Gasteiger partial charge in [0.05, 0.1) is 0 Å². The van der Waals surface area contributed by atoms with E-state index in [9.17, 15) is 0 Å². The first kappa shape index (κ1) is 22.5. The number of benzene rings is 6. The van der Waals surface area contributed by atoms with E-state index in [1.54, 1.807) is 0 Å². The lowest BCUT2D eigenvalue weighted by molar-refractivity contribution is 1.20. The molecule has 0 aromatic heterocycles. The maximum Gasteiger partial charge on any atom is -0.00257 e. The van der Waals surface area contributed by atoms with Gasteiger partial charge in [-0.25, -0.2) is 0 Å². The molecule has 0 heteroatoms. The quantitative estimate of drug-likeness (QED) is 0.218. The SMILES string of the molecule is C1=CCC(c2cccc(-c3ccc4c5ccccc5c5ccccc5c4c3)c2)=CC(Cc2ccccc2)=C1. The number of allylic oxidation sites excluding steroid dienone is 6. The monoisotopic (exact) mass is 484 g/mol. The molecule has 0 saturated heterocycles. The normalized spacial score (nSPS) is 13.5. The van der Waals surface area contributed by atoms with Crippen molar-refractivity contribution in [1.82, 2.24) is 0 Å². The van der Waals surface area contributed by atoms with Crippen molar-refractivity contribution in [3.8, 4) is 11.1 Å². The lowest BCUT2D eigenvalue weighted by Crippen LogP contribution is -1.90. The Labute approximate surface area is 223 Å². The Morgan fingerprint density at radius 3 is 1.82 bits per heavy atom. The zero-order chi connectivity index (χ0) is 25.3.